The van der Waals surface area contributed by atoms with E-state index in [4.69, 9.17) is 14.0 Å². The fourth-order valence-electron chi connectivity index (χ4n) is 3.44. The third kappa shape index (κ3) is 5.39. The molecule has 154 valence electrons. The molecule has 0 saturated carbocycles. The second-order valence-electron chi connectivity index (χ2n) is 7.15. The molecule has 1 aliphatic rings. The smallest absolute Gasteiger partial charge is 0.252 e. The van der Waals surface area contributed by atoms with Crippen LogP contribution in [0.4, 0.5) is 0 Å². The molecular formula is C19H29N5O4. The van der Waals surface area contributed by atoms with Crippen LogP contribution in [0.25, 0.3) is 0 Å². The number of hydrogen-bond acceptors (Lipinski definition) is 7. The zero-order chi connectivity index (χ0) is 19.9. The number of amides is 1. The first kappa shape index (κ1) is 20.5. The van der Waals surface area contributed by atoms with Gasteiger partial charge in [-0.3, -0.25) is 9.48 Å². The van der Waals surface area contributed by atoms with E-state index in [0.29, 0.717) is 44.5 Å². The molecule has 0 aromatic carbocycles. The molecule has 0 unspecified atom stereocenters. The van der Waals surface area contributed by atoms with Gasteiger partial charge in [-0.05, 0) is 32.8 Å². The molecule has 0 spiro atoms. The average molecular weight is 391 g/mol. The lowest BCUT2D eigenvalue weighted by atomic mass is 9.96. The van der Waals surface area contributed by atoms with Crippen molar-refractivity contribution in [2.45, 2.75) is 52.2 Å². The topological polar surface area (TPSA) is 95.5 Å². The number of carbonyl (C=O) groups excluding carboxylic acids is 1. The third-order valence-corrected chi connectivity index (χ3v) is 4.99. The minimum Gasteiger partial charge on any atom is -0.382 e. The second-order valence-corrected chi connectivity index (χ2v) is 7.15. The van der Waals surface area contributed by atoms with Crippen molar-refractivity contribution in [3.63, 3.8) is 0 Å². The number of carbonyl (C=O) groups is 1. The van der Waals surface area contributed by atoms with Crippen molar-refractivity contribution >= 4 is 5.91 Å². The van der Waals surface area contributed by atoms with Crippen LogP contribution in [0, 0.1) is 13.8 Å². The van der Waals surface area contributed by atoms with E-state index in [1.807, 2.05) is 29.5 Å². The lowest BCUT2D eigenvalue weighted by Crippen LogP contribution is -2.38. The van der Waals surface area contributed by atoms with Gasteiger partial charge in [0.05, 0.1) is 18.9 Å². The van der Waals surface area contributed by atoms with Crippen molar-refractivity contribution in [1.29, 1.82) is 0 Å². The van der Waals surface area contributed by atoms with Crippen molar-refractivity contribution in [2.75, 3.05) is 33.4 Å². The number of aryl methyl sites for hydroxylation is 3. The van der Waals surface area contributed by atoms with Crippen LogP contribution in [0.3, 0.4) is 0 Å². The largest absolute Gasteiger partial charge is 0.382 e. The van der Waals surface area contributed by atoms with Gasteiger partial charge in [0, 0.05) is 44.8 Å². The van der Waals surface area contributed by atoms with E-state index in [2.05, 4.69) is 15.2 Å². The summed E-state index contributed by atoms with van der Waals surface area (Å²) in [6, 6.07) is 2.03. The maximum Gasteiger partial charge on any atom is 0.252 e. The Bertz CT molecular complexity index is 764. The zero-order valence-electron chi connectivity index (χ0n) is 16.9. The number of nitrogens with zero attached hydrogens (tertiary/aromatic N) is 5. The third-order valence-electron chi connectivity index (χ3n) is 4.99. The Morgan fingerprint density at radius 1 is 1.29 bits per heavy atom. The van der Waals surface area contributed by atoms with Crippen molar-refractivity contribution in [2.24, 2.45) is 0 Å². The van der Waals surface area contributed by atoms with Crippen molar-refractivity contribution in [1.82, 2.24) is 24.8 Å². The van der Waals surface area contributed by atoms with Crippen LogP contribution < -0.4 is 0 Å². The summed E-state index contributed by atoms with van der Waals surface area (Å²) < 4.78 is 17.5. The standard InChI is InChI=1S/C19H29N5O4/c1-14-12-15(2)24(21-14)9-6-18(25)23-7-4-16(5-8-23)19-20-17(28-22-19)13-27-11-10-26-3/h12,16H,4-11,13H2,1-3H3. The molecule has 2 aromatic heterocycles. The van der Waals surface area contributed by atoms with Crippen molar-refractivity contribution in [3.8, 4) is 0 Å². The Labute approximate surface area is 165 Å². The van der Waals surface area contributed by atoms with Gasteiger partial charge in [-0.25, -0.2) is 0 Å². The molecule has 1 fully saturated rings. The average Bonchev–Trinajstić information content (AvgIpc) is 3.29. The minimum absolute atomic E-state index is 0.173. The molecule has 1 amide bonds. The Balaban J connectivity index is 1.42. The van der Waals surface area contributed by atoms with E-state index in [1.165, 1.54) is 0 Å². The molecule has 0 N–H and O–H groups in total. The zero-order valence-corrected chi connectivity index (χ0v) is 16.9. The van der Waals surface area contributed by atoms with Crippen LogP contribution in [0.5, 0.6) is 0 Å². The first-order valence-electron chi connectivity index (χ1n) is 9.75. The number of ether oxygens (including phenoxy) is 2. The molecule has 28 heavy (non-hydrogen) atoms. The molecule has 0 radical (unpaired) electrons. The second kappa shape index (κ2) is 9.79. The highest BCUT2D eigenvalue weighted by atomic mass is 16.5. The summed E-state index contributed by atoms with van der Waals surface area (Å²) in [6.07, 6.45) is 2.15. The summed E-state index contributed by atoms with van der Waals surface area (Å²) in [7, 11) is 1.63. The quantitative estimate of drug-likeness (QED) is 0.602. The number of likely N-dealkylation sites (tertiary alicyclic amines) is 1. The van der Waals surface area contributed by atoms with Crippen LogP contribution in [0.15, 0.2) is 10.6 Å². The van der Waals surface area contributed by atoms with Gasteiger partial charge in [-0.1, -0.05) is 5.16 Å². The van der Waals surface area contributed by atoms with E-state index < -0.39 is 0 Å². The van der Waals surface area contributed by atoms with Gasteiger partial charge >= 0.3 is 0 Å². The van der Waals surface area contributed by atoms with Crippen LogP contribution >= 0.6 is 0 Å². The van der Waals surface area contributed by atoms with E-state index in [-0.39, 0.29) is 11.8 Å². The molecule has 1 saturated heterocycles. The lowest BCUT2D eigenvalue weighted by molar-refractivity contribution is -0.132. The molecule has 0 aliphatic carbocycles. The van der Waals surface area contributed by atoms with E-state index in [1.54, 1.807) is 7.11 Å². The van der Waals surface area contributed by atoms with Crippen molar-refractivity contribution < 1.29 is 18.8 Å². The van der Waals surface area contributed by atoms with Gasteiger partial charge in [0.25, 0.3) is 5.89 Å². The first-order chi connectivity index (χ1) is 13.6. The van der Waals surface area contributed by atoms with Crippen LogP contribution in [-0.4, -0.2) is 64.1 Å². The first-order valence-corrected chi connectivity index (χ1v) is 9.75. The maximum absolute atomic E-state index is 12.5. The Hall–Kier alpha value is -2.26. The molecule has 2 aromatic rings. The molecule has 3 heterocycles. The highest BCUT2D eigenvalue weighted by Gasteiger charge is 2.27. The van der Waals surface area contributed by atoms with Gasteiger partial charge in [0.2, 0.25) is 5.91 Å². The van der Waals surface area contributed by atoms with E-state index in [9.17, 15) is 4.79 Å². The molecular weight excluding hydrogens is 362 g/mol. The van der Waals surface area contributed by atoms with Gasteiger partial charge in [0.15, 0.2) is 5.82 Å². The minimum atomic E-state index is 0.173. The molecule has 9 heteroatoms. The lowest BCUT2D eigenvalue weighted by Gasteiger charge is -2.30. The summed E-state index contributed by atoms with van der Waals surface area (Å²) in [6.45, 7) is 7.35. The highest BCUT2D eigenvalue weighted by Crippen LogP contribution is 2.26. The number of hydrogen-bond donors (Lipinski definition) is 0. The molecule has 1 aliphatic heterocycles. The van der Waals surface area contributed by atoms with E-state index in [0.717, 1.165) is 37.3 Å². The van der Waals surface area contributed by atoms with Crippen LogP contribution in [0.1, 0.15) is 48.3 Å². The number of rotatable bonds is 9. The Morgan fingerprint density at radius 3 is 2.75 bits per heavy atom. The molecule has 3 rings (SSSR count). The molecule has 0 atom stereocenters. The summed E-state index contributed by atoms with van der Waals surface area (Å²) >= 11 is 0. The normalized spacial score (nSPS) is 15.3. The monoisotopic (exact) mass is 391 g/mol. The van der Waals surface area contributed by atoms with Crippen LogP contribution in [-0.2, 0) is 27.4 Å². The van der Waals surface area contributed by atoms with Crippen LogP contribution in [0.2, 0.25) is 0 Å². The maximum atomic E-state index is 12.5. The summed E-state index contributed by atoms with van der Waals surface area (Å²) in [5.41, 5.74) is 2.07. The van der Waals surface area contributed by atoms with Gasteiger partial charge in [-0.2, -0.15) is 10.1 Å². The fourth-order valence-corrected chi connectivity index (χ4v) is 3.44. The highest BCUT2D eigenvalue weighted by molar-refractivity contribution is 5.76. The van der Waals surface area contributed by atoms with Crippen molar-refractivity contribution in [3.05, 3.63) is 29.2 Å². The SMILES string of the molecule is COCCOCc1nc(C2CCN(C(=O)CCn3nc(C)cc3C)CC2)no1. The number of methoxy groups -OCH3 is 1. The predicted molar refractivity (Wildman–Crippen MR) is 101 cm³/mol. The Kier molecular flexibility index (Phi) is 7.16. The van der Waals surface area contributed by atoms with Gasteiger partial charge in [-0.15, -0.1) is 0 Å². The fraction of sp³-hybridized carbons (Fsp3) is 0.684. The summed E-state index contributed by atoms with van der Waals surface area (Å²) in [5.74, 6) is 1.58. The summed E-state index contributed by atoms with van der Waals surface area (Å²) in [5, 5.41) is 8.50. The molecule has 0 bridgehead atoms. The number of aromatic nitrogens is 4. The van der Waals surface area contributed by atoms with Gasteiger partial charge < -0.3 is 18.9 Å². The predicted octanol–water partition coefficient (Wildman–Crippen LogP) is 1.84. The van der Waals surface area contributed by atoms with E-state index >= 15 is 0 Å². The Morgan fingerprint density at radius 2 is 2.07 bits per heavy atom. The molecule has 9 nitrogen and oxygen atoms in total. The summed E-state index contributed by atoms with van der Waals surface area (Å²) in [4.78, 5) is 18.9. The van der Waals surface area contributed by atoms with Gasteiger partial charge in [0.1, 0.15) is 6.61 Å². The number of piperidine rings is 1.